The van der Waals surface area contributed by atoms with Crippen LogP contribution in [0.4, 0.5) is 5.82 Å². The lowest BCUT2D eigenvalue weighted by Gasteiger charge is -2.16. The van der Waals surface area contributed by atoms with E-state index in [1.165, 1.54) is 11.3 Å². The Morgan fingerprint density at radius 3 is 3.00 bits per heavy atom. The van der Waals surface area contributed by atoms with Crippen LogP contribution in [0.15, 0.2) is 23.7 Å². The van der Waals surface area contributed by atoms with E-state index in [2.05, 4.69) is 11.6 Å². The average Bonchev–Trinajstić information content (AvgIpc) is 2.72. The highest BCUT2D eigenvalue weighted by atomic mass is 32.1. The van der Waals surface area contributed by atoms with Crippen LogP contribution < -0.4 is 4.90 Å². The predicted octanol–water partition coefficient (Wildman–Crippen LogP) is 2.11. The molecule has 17 heavy (non-hydrogen) atoms. The van der Waals surface area contributed by atoms with Crippen LogP contribution >= 0.6 is 11.3 Å². The van der Waals surface area contributed by atoms with Crippen LogP contribution in [0.2, 0.25) is 0 Å². The summed E-state index contributed by atoms with van der Waals surface area (Å²) in [6.45, 7) is 6.30. The number of thiazole rings is 1. The van der Waals surface area contributed by atoms with Crippen LogP contribution in [0, 0.1) is 0 Å². The maximum Gasteiger partial charge on any atom is 0.356 e. The van der Waals surface area contributed by atoms with E-state index in [9.17, 15) is 9.90 Å². The Balaban J connectivity index is 2.52. The zero-order valence-electron chi connectivity index (χ0n) is 9.67. The molecule has 5 nitrogen and oxygen atoms in total. The second-order valence-corrected chi connectivity index (χ2v) is 4.83. The minimum absolute atomic E-state index is 0.199. The number of carboxylic acid groups (broad SMARTS) is 1. The Morgan fingerprint density at radius 2 is 2.41 bits per heavy atom. The summed E-state index contributed by atoms with van der Waals surface area (Å²) >= 11 is 1.42. The number of aromatic carboxylic acids is 1. The summed E-state index contributed by atoms with van der Waals surface area (Å²) < 4.78 is 1.59. The summed E-state index contributed by atoms with van der Waals surface area (Å²) in [5.74, 6) is -0.494. The molecule has 2 rings (SSSR count). The average molecular weight is 251 g/mol. The fraction of sp³-hybridized carbons (Fsp3) is 0.273. The Morgan fingerprint density at radius 1 is 1.71 bits per heavy atom. The summed E-state index contributed by atoms with van der Waals surface area (Å²) in [5.41, 5.74) is 1.16. The van der Waals surface area contributed by atoms with Crippen molar-refractivity contribution in [1.82, 2.24) is 9.38 Å². The fourth-order valence-corrected chi connectivity index (χ4v) is 2.43. The number of rotatable bonds is 4. The molecular formula is C11H13N3O2S. The highest BCUT2D eigenvalue weighted by Gasteiger charge is 2.21. The Kier molecular flexibility index (Phi) is 2.89. The molecule has 0 fully saturated rings. The molecule has 0 amide bonds. The fourth-order valence-electron chi connectivity index (χ4n) is 1.72. The zero-order valence-corrected chi connectivity index (χ0v) is 10.5. The van der Waals surface area contributed by atoms with E-state index in [1.54, 1.807) is 15.5 Å². The lowest BCUT2D eigenvalue weighted by molar-refractivity contribution is 0.0690. The Hall–Kier alpha value is -1.82. The van der Waals surface area contributed by atoms with Gasteiger partial charge in [0.15, 0.2) is 16.5 Å². The maximum absolute atomic E-state index is 11.3. The molecule has 2 heterocycles. The van der Waals surface area contributed by atoms with Gasteiger partial charge < -0.3 is 10.0 Å². The smallest absolute Gasteiger partial charge is 0.356 e. The van der Waals surface area contributed by atoms with E-state index in [0.29, 0.717) is 17.3 Å². The van der Waals surface area contributed by atoms with Crippen molar-refractivity contribution in [3.63, 3.8) is 0 Å². The van der Waals surface area contributed by atoms with E-state index in [-0.39, 0.29) is 5.69 Å². The van der Waals surface area contributed by atoms with Crippen LogP contribution in [0.5, 0.6) is 0 Å². The molecule has 0 saturated carbocycles. The summed E-state index contributed by atoms with van der Waals surface area (Å²) in [6, 6.07) is 0. The van der Waals surface area contributed by atoms with Crippen molar-refractivity contribution in [3.05, 3.63) is 29.4 Å². The molecular weight excluding hydrogens is 238 g/mol. The summed E-state index contributed by atoms with van der Waals surface area (Å²) in [6.07, 6.45) is 1.72. The third kappa shape index (κ3) is 2.03. The first kappa shape index (κ1) is 11.7. The molecule has 0 aliphatic rings. The van der Waals surface area contributed by atoms with E-state index < -0.39 is 5.97 Å². The van der Waals surface area contributed by atoms with Crippen molar-refractivity contribution in [3.8, 4) is 0 Å². The van der Waals surface area contributed by atoms with E-state index >= 15 is 0 Å². The number of imidazole rings is 1. The van der Waals surface area contributed by atoms with Crippen LogP contribution in [0.25, 0.3) is 4.96 Å². The molecule has 0 bridgehead atoms. The first-order chi connectivity index (χ1) is 8.00. The van der Waals surface area contributed by atoms with Gasteiger partial charge in [0.25, 0.3) is 0 Å². The van der Waals surface area contributed by atoms with E-state index in [0.717, 1.165) is 5.57 Å². The molecule has 0 saturated heterocycles. The van der Waals surface area contributed by atoms with Gasteiger partial charge >= 0.3 is 5.97 Å². The van der Waals surface area contributed by atoms with Gasteiger partial charge in [-0.3, -0.25) is 4.40 Å². The van der Waals surface area contributed by atoms with Gasteiger partial charge in [-0.1, -0.05) is 12.2 Å². The van der Waals surface area contributed by atoms with Crippen molar-refractivity contribution in [2.75, 3.05) is 18.5 Å². The maximum atomic E-state index is 11.3. The number of carbonyl (C=O) groups is 1. The van der Waals surface area contributed by atoms with Crippen molar-refractivity contribution in [2.45, 2.75) is 6.92 Å². The minimum atomic E-state index is -0.973. The highest BCUT2D eigenvalue weighted by Crippen LogP contribution is 2.24. The molecule has 0 aromatic carbocycles. The van der Waals surface area contributed by atoms with Crippen LogP contribution in [0.1, 0.15) is 17.4 Å². The van der Waals surface area contributed by atoms with Crippen molar-refractivity contribution in [1.29, 1.82) is 0 Å². The number of hydrogen-bond donors (Lipinski definition) is 1. The first-order valence-corrected chi connectivity index (χ1v) is 5.93. The van der Waals surface area contributed by atoms with Crippen molar-refractivity contribution < 1.29 is 9.90 Å². The largest absolute Gasteiger partial charge is 0.476 e. The molecule has 6 heteroatoms. The Labute approximate surface area is 103 Å². The highest BCUT2D eigenvalue weighted by molar-refractivity contribution is 7.15. The second kappa shape index (κ2) is 4.21. The van der Waals surface area contributed by atoms with Gasteiger partial charge in [0.1, 0.15) is 0 Å². The molecule has 0 unspecified atom stereocenters. The van der Waals surface area contributed by atoms with Gasteiger partial charge in [-0.2, -0.15) is 0 Å². The normalized spacial score (nSPS) is 10.7. The summed E-state index contributed by atoms with van der Waals surface area (Å²) in [7, 11) is 1.81. The van der Waals surface area contributed by atoms with E-state index in [1.807, 2.05) is 19.4 Å². The Bertz CT molecular complexity index is 585. The molecule has 2 aromatic rings. The molecule has 2 aromatic heterocycles. The minimum Gasteiger partial charge on any atom is -0.476 e. The van der Waals surface area contributed by atoms with Crippen molar-refractivity contribution >= 4 is 28.1 Å². The third-order valence-corrected chi connectivity index (χ3v) is 3.07. The molecule has 0 spiro atoms. The zero-order chi connectivity index (χ0) is 12.6. The van der Waals surface area contributed by atoms with Crippen LogP contribution in [-0.4, -0.2) is 34.1 Å². The van der Waals surface area contributed by atoms with Gasteiger partial charge in [-0.15, -0.1) is 11.3 Å². The van der Waals surface area contributed by atoms with E-state index in [4.69, 9.17) is 0 Å². The number of carboxylic acids is 1. The number of anilines is 1. The van der Waals surface area contributed by atoms with Crippen molar-refractivity contribution in [2.24, 2.45) is 0 Å². The lowest BCUT2D eigenvalue weighted by Crippen LogP contribution is -2.22. The van der Waals surface area contributed by atoms with Gasteiger partial charge in [0.05, 0.1) is 0 Å². The number of aromatic nitrogens is 2. The van der Waals surface area contributed by atoms with Crippen LogP contribution in [0.3, 0.4) is 0 Å². The standard InChI is InChI=1S/C11H13N3O2S/c1-7(2)6-13(3)9-8(10(15)16)14-4-5-17-11(14)12-9/h4-5H,1,6H2,2-3H3,(H,15,16). The number of fused-ring (bicyclic) bond motifs is 1. The monoisotopic (exact) mass is 251 g/mol. The molecule has 1 N–H and O–H groups in total. The van der Waals surface area contributed by atoms with Gasteiger partial charge in [0, 0.05) is 25.2 Å². The molecule has 90 valence electrons. The molecule has 0 aliphatic carbocycles. The number of likely N-dealkylation sites (N-methyl/N-ethyl adjacent to an activating group) is 1. The molecule has 0 aliphatic heterocycles. The first-order valence-electron chi connectivity index (χ1n) is 5.05. The summed E-state index contributed by atoms with van der Waals surface area (Å²) in [4.78, 5) is 18.1. The predicted molar refractivity (Wildman–Crippen MR) is 68.1 cm³/mol. The third-order valence-electron chi connectivity index (χ3n) is 2.31. The second-order valence-electron chi connectivity index (χ2n) is 3.96. The molecule has 0 radical (unpaired) electrons. The topological polar surface area (TPSA) is 57.8 Å². The van der Waals surface area contributed by atoms with Gasteiger partial charge in [-0.25, -0.2) is 9.78 Å². The van der Waals surface area contributed by atoms with Crippen LogP contribution in [-0.2, 0) is 0 Å². The number of nitrogens with zero attached hydrogens (tertiary/aromatic N) is 3. The van der Waals surface area contributed by atoms with Gasteiger partial charge in [0.2, 0.25) is 0 Å². The molecule has 0 atom stereocenters. The SMILES string of the molecule is C=C(C)CN(C)c1nc2sccn2c1C(=O)O. The quantitative estimate of drug-likeness (QED) is 0.845. The lowest BCUT2D eigenvalue weighted by atomic mass is 10.3. The van der Waals surface area contributed by atoms with Gasteiger partial charge in [-0.05, 0) is 6.92 Å². The number of hydrogen-bond acceptors (Lipinski definition) is 4. The summed E-state index contributed by atoms with van der Waals surface area (Å²) in [5, 5.41) is 11.1.